The molecular formula is C26H32ClN5O3S. The van der Waals surface area contributed by atoms with Crippen LogP contribution in [0.2, 0.25) is 5.02 Å². The molecule has 2 N–H and O–H groups in total. The number of morpholine rings is 1. The van der Waals surface area contributed by atoms with Crippen molar-refractivity contribution in [1.82, 2.24) is 14.7 Å². The van der Waals surface area contributed by atoms with Crippen LogP contribution in [0.1, 0.15) is 25.7 Å². The first kappa shape index (κ1) is 25.2. The predicted octanol–water partition coefficient (Wildman–Crippen LogP) is 4.32. The molecule has 0 radical (unpaired) electrons. The molecule has 2 fully saturated rings. The SMILES string of the molecule is O=S(=O)(NC[C@H]1CC[C@H](CNc2nc(N3CCOCC3)c3ccccc3n2)CC1)c1ccc(Cl)cc1. The van der Waals surface area contributed by atoms with Gasteiger partial charge in [-0.1, -0.05) is 23.7 Å². The largest absolute Gasteiger partial charge is 0.378 e. The van der Waals surface area contributed by atoms with E-state index in [-0.39, 0.29) is 4.90 Å². The summed E-state index contributed by atoms with van der Waals surface area (Å²) in [6.45, 7) is 4.34. The van der Waals surface area contributed by atoms with E-state index < -0.39 is 10.0 Å². The van der Waals surface area contributed by atoms with E-state index >= 15 is 0 Å². The number of nitrogens with one attached hydrogen (secondary N) is 2. The molecule has 2 aromatic carbocycles. The quantitative estimate of drug-likeness (QED) is 0.448. The maximum atomic E-state index is 12.6. The predicted molar refractivity (Wildman–Crippen MR) is 143 cm³/mol. The van der Waals surface area contributed by atoms with E-state index in [1.807, 2.05) is 18.2 Å². The number of halogens is 1. The van der Waals surface area contributed by atoms with Gasteiger partial charge < -0.3 is 15.0 Å². The van der Waals surface area contributed by atoms with Crippen LogP contribution >= 0.6 is 11.6 Å². The zero-order valence-electron chi connectivity index (χ0n) is 20.2. The van der Waals surface area contributed by atoms with Crippen LogP contribution in [0.25, 0.3) is 10.9 Å². The third-order valence-corrected chi connectivity index (χ3v) is 8.79. The van der Waals surface area contributed by atoms with Gasteiger partial charge in [0.2, 0.25) is 16.0 Å². The molecule has 0 unspecified atom stereocenters. The van der Waals surface area contributed by atoms with Crippen LogP contribution in [-0.2, 0) is 14.8 Å². The van der Waals surface area contributed by atoms with Crippen LogP contribution in [0.5, 0.6) is 0 Å². The summed E-state index contributed by atoms with van der Waals surface area (Å²) in [7, 11) is -3.52. The van der Waals surface area contributed by atoms with Crippen molar-refractivity contribution in [1.29, 1.82) is 0 Å². The molecule has 2 aliphatic rings. The number of rotatable bonds is 8. The van der Waals surface area contributed by atoms with Crippen molar-refractivity contribution in [3.8, 4) is 0 Å². The van der Waals surface area contributed by atoms with Crippen LogP contribution in [0, 0.1) is 11.8 Å². The summed E-state index contributed by atoms with van der Waals surface area (Å²) in [5, 5.41) is 5.06. The zero-order chi connectivity index (χ0) is 25.0. The molecular weight excluding hydrogens is 498 g/mol. The average molecular weight is 530 g/mol. The number of anilines is 2. The van der Waals surface area contributed by atoms with Gasteiger partial charge in [0.25, 0.3) is 0 Å². The lowest BCUT2D eigenvalue weighted by Gasteiger charge is -2.30. The molecule has 36 heavy (non-hydrogen) atoms. The summed E-state index contributed by atoms with van der Waals surface area (Å²) in [5.41, 5.74) is 0.938. The third-order valence-electron chi connectivity index (χ3n) is 7.09. The van der Waals surface area contributed by atoms with Gasteiger partial charge in [-0.15, -0.1) is 0 Å². The average Bonchev–Trinajstić information content (AvgIpc) is 2.91. The van der Waals surface area contributed by atoms with Crippen molar-refractivity contribution in [2.75, 3.05) is 49.6 Å². The number of fused-ring (bicyclic) bond motifs is 1. The Hall–Kier alpha value is -2.46. The summed E-state index contributed by atoms with van der Waals surface area (Å²) < 4.78 is 33.4. The first-order chi connectivity index (χ1) is 17.5. The smallest absolute Gasteiger partial charge is 0.240 e. The number of para-hydroxylation sites is 1. The summed E-state index contributed by atoms with van der Waals surface area (Å²) in [5.74, 6) is 2.47. The van der Waals surface area contributed by atoms with Gasteiger partial charge in [-0.25, -0.2) is 18.1 Å². The van der Waals surface area contributed by atoms with Gasteiger partial charge in [0, 0.05) is 36.6 Å². The Bertz CT molecular complexity index is 1270. The van der Waals surface area contributed by atoms with E-state index in [2.05, 4.69) is 21.0 Å². The maximum Gasteiger partial charge on any atom is 0.240 e. The monoisotopic (exact) mass is 529 g/mol. The van der Waals surface area contributed by atoms with Gasteiger partial charge in [0.15, 0.2) is 0 Å². The van der Waals surface area contributed by atoms with Gasteiger partial charge in [0.1, 0.15) is 5.82 Å². The minimum Gasteiger partial charge on any atom is -0.378 e. The highest BCUT2D eigenvalue weighted by Crippen LogP contribution is 2.30. The van der Waals surface area contributed by atoms with Crippen molar-refractivity contribution in [2.45, 2.75) is 30.6 Å². The van der Waals surface area contributed by atoms with Gasteiger partial charge in [0.05, 0.1) is 23.6 Å². The molecule has 2 heterocycles. The lowest BCUT2D eigenvalue weighted by atomic mass is 9.82. The molecule has 1 aliphatic carbocycles. The molecule has 192 valence electrons. The van der Waals surface area contributed by atoms with Crippen molar-refractivity contribution in [3.05, 3.63) is 53.6 Å². The van der Waals surface area contributed by atoms with E-state index in [1.165, 1.54) is 12.1 Å². The Balaban J connectivity index is 1.14. The van der Waals surface area contributed by atoms with E-state index in [1.54, 1.807) is 12.1 Å². The van der Waals surface area contributed by atoms with Crippen molar-refractivity contribution in [2.24, 2.45) is 11.8 Å². The number of sulfonamides is 1. The highest BCUT2D eigenvalue weighted by Gasteiger charge is 2.24. The topological polar surface area (TPSA) is 96.5 Å². The zero-order valence-corrected chi connectivity index (χ0v) is 21.8. The summed E-state index contributed by atoms with van der Waals surface area (Å²) >= 11 is 5.87. The molecule has 1 saturated heterocycles. The minimum atomic E-state index is -3.52. The first-order valence-corrected chi connectivity index (χ1v) is 14.4. The van der Waals surface area contributed by atoms with E-state index in [0.29, 0.717) is 42.6 Å². The van der Waals surface area contributed by atoms with Gasteiger partial charge >= 0.3 is 0 Å². The number of hydrogen-bond donors (Lipinski definition) is 2. The van der Waals surface area contributed by atoms with Gasteiger partial charge in [-0.05, 0) is 73.9 Å². The third kappa shape index (κ3) is 6.08. The standard InChI is InChI=1S/C26H32ClN5O3S/c27-21-9-11-22(12-10-21)36(33,34)29-18-20-7-5-19(6-8-20)17-28-26-30-24-4-2-1-3-23(24)25(31-26)32-13-15-35-16-14-32/h1-4,9-12,19-20,29H,5-8,13-18H2,(H,28,30,31)/t19-,20-. The molecule has 0 amide bonds. The fraction of sp³-hybridized carbons (Fsp3) is 0.462. The normalized spacial score (nSPS) is 21.0. The fourth-order valence-electron chi connectivity index (χ4n) is 4.96. The number of nitrogens with zero attached hydrogens (tertiary/aromatic N) is 3. The number of hydrogen-bond acceptors (Lipinski definition) is 7. The lowest BCUT2D eigenvalue weighted by molar-refractivity contribution is 0.122. The van der Waals surface area contributed by atoms with Crippen molar-refractivity contribution >= 4 is 44.3 Å². The Labute approximate surface area is 217 Å². The second-order valence-electron chi connectivity index (χ2n) is 9.56. The molecule has 1 aliphatic heterocycles. The molecule has 1 aromatic heterocycles. The molecule has 0 atom stereocenters. The summed E-state index contributed by atoms with van der Waals surface area (Å²) in [4.78, 5) is 12.2. The summed E-state index contributed by atoms with van der Waals surface area (Å²) in [6, 6.07) is 14.4. The lowest BCUT2D eigenvalue weighted by Crippen LogP contribution is -2.37. The first-order valence-electron chi connectivity index (χ1n) is 12.6. The number of benzene rings is 2. The van der Waals surface area contributed by atoms with Gasteiger partial charge in [-0.2, -0.15) is 4.98 Å². The highest BCUT2D eigenvalue weighted by molar-refractivity contribution is 7.89. The summed E-state index contributed by atoms with van der Waals surface area (Å²) in [6.07, 6.45) is 4.08. The van der Waals surface area contributed by atoms with Crippen LogP contribution in [-0.4, -0.2) is 57.8 Å². The van der Waals surface area contributed by atoms with Crippen LogP contribution in [0.3, 0.4) is 0 Å². The Morgan fingerprint density at radius 3 is 2.31 bits per heavy atom. The highest BCUT2D eigenvalue weighted by atomic mass is 35.5. The van der Waals surface area contributed by atoms with Crippen LogP contribution in [0.15, 0.2) is 53.4 Å². The minimum absolute atomic E-state index is 0.247. The van der Waals surface area contributed by atoms with Crippen molar-refractivity contribution in [3.63, 3.8) is 0 Å². The molecule has 10 heteroatoms. The van der Waals surface area contributed by atoms with Crippen LogP contribution < -0.4 is 14.9 Å². The Morgan fingerprint density at radius 2 is 1.58 bits per heavy atom. The van der Waals surface area contributed by atoms with E-state index in [9.17, 15) is 8.42 Å². The molecule has 0 spiro atoms. The van der Waals surface area contributed by atoms with Crippen LogP contribution in [0.4, 0.5) is 11.8 Å². The molecule has 8 nitrogen and oxygen atoms in total. The number of aromatic nitrogens is 2. The molecule has 3 aromatic rings. The van der Waals surface area contributed by atoms with E-state index in [4.69, 9.17) is 26.3 Å². The maximum absolute atomic E-state index is 12.6. The second-order valence-corrected chi connectivity index (χ2v) is 11.8. The molecule has 0 bridgehead atoms. The number of ether oxygens (including phenoxy) is 1. The Kier molecular flexibility index (Phi) is 7.90. The fourth-order valence-corrected chi connectivity index (χ4v) is 6.20. The molecule has 5 rings (SSSR count). The van der Waals surface area contributed by atoms with E-state index in [0.717, 1.165) is 62.0 Å². The molecule has 1 saturated carbocycles. The van der Waals surface area contributed by atoms with Gasteiger partial charge in [-0.3, -0.25) is 0 Å². The Morgan fingerprint density at radius 1 is 0.917 bits per heavy atom. The second kappa shape index (κ2) is 11.3. The van der Waals surface area contributed by atoms with Crippen molar-refractivity contribution < 1.29 is 13.2 Å².